The summed E-state index contributed by atoms with van der Waals surface area (Å²) >= 11 is 0. The van der Waals surface area contributed by atoms with E-state index in [0.29, 0.717) is 0 Å². The lowest BCUT2D eigenvalue weighted by atomic mass is 10.1. The van der Waals surface area contributed by atoms with Crippen LogP contribution >= 0.6 is 0 Å². The van der Waals surface area contributed by atoms with Crippen molar-refractivity contribution in [2.24, 2.45) is 0 Å². The molecular weight excluding hydrogens is 253 g/mol. The van der Waals surface area contributed by atoms with Gasteiger partial charge in [0.25, 0.3) is 0 Å². The van der Waals surface area contributed by atoms with Crippen LogP contribution in [0.15, 0.2) is 24.3 Å². The summed E-state index contributed by atoms with van der Waals surface area (Å²) in [5.74, 6) is -0.412. The van der Waals surface area contributed by atoms with Gasteiger partial charge in [0.2, 0.25) is 0 Å². The summed E-state index contributed by atoms with van der Waals surface area (Å²) in [6, 6.07) is 4.99. The largest absolute Gasteiger partial charge is 0.573 e. The second-order valence-corrected chi connectivity index (χ2v) is 3.40. The maximum atomic E-state index is 12.0. The Morgan fingerprint density at radius 3 is 2.28 bits per heavy atom. The molecule has 0 radical (unpaired) electrons. The van der Waals surface area contributed by atoms with E-state index in [4.69, 9.17) is 9.47 Å². The first kappa shape index (κ1) is 14.7. The van der Waals surface area contributed by atoms with Crippen molar-refractivity contribution in [3.05, 3.63) is 29.8 Å². The summed E-state index contributed by atoms with van der Waals surface area (Å²) in [6.45, 7) is 0. The number of ether oxygens (including phenoxy) is 3. The van der Waals surface area contributed by atoms with Crippen LogP contribution < -0.4 is 4.74 Å². The predicted molar refractivity (Wildman–Crippen MR) is 55.9 cm³/mol. The van der Waals surface area contributed by atoms with Crippen molar-refractivity contribution >= 4 is 0 Å². The monoisotopic (exact) mass is 266 g/mol. The van der Waals surface area contributed by atoms with E-state index in [9.17, 15) is 18.3 Å². The van der Waals surface area contributed by atoms with E-state index in [-0.39, 0.29) is 5.56 Å². The van der Waals surface area contributed by atoms with Crippen LogP contribution in [0.3, 0.4) is 0 Å². The molecule has 1 aromatic carbocycles. The molecule has 4 nitrogen and oxygen atoms in total. The minimum atomic E-state index is -4.77. The van der Waals surface area contributed by atoms with Crippen LogP contribution in [0.5, 0.6) is 5.75 Å². The van der Waals surface area contributed by atoms with Crippen LogP contribution in [-0.2, 0) is 9.47 Å². The first-order valence-corrected chi connectivity index (χ1v) is 4.96. The summed E-state index contributed by atoms with van der Waals surface area (Å²) in [4.78, 5) is 0. The number of aliphatic hydroxyl groups is 1. The van der Waals surface area contributed by atoms with Crippen molar-refractivity contribution in [2.75, 3.05) is 14.2 Å². The Balaban J connectivity index is 2.87. The molecule has 0 bridgehead atoms. The maximum absolute atomic E-state index is 12.0. The molecule has 0 fully saturated rings. The molecule has 1 aromatic rings. The van der Waals surface area contributed by atoms with Crippen LogP contribution in [0.2, 0.25) is 0 Å². The zero-order chi connectivity index (χ0) is 13.8. The maximum Gasteiger partial charge on any atom is 0.573 e. The highest BCUT2D eigenvalue weighted by Gasteiger charge is 2.31. The van der Waals surface area contributed by atoms with Gasteiger partial charge in [0.15, 0.2) is 6.29 Å². The number of hydrogen-bond donors (Lipinski definition) is 1. The highest BCUT2D eigenvalue weighted by Crippen LogP contribution is 2.27. The number of halogens is 3. The van der Waals surface area contributed by atoms with Gasteiger partial charge in [0.1, 0.15) is 11.9 Å². The lowest BCUT2D eigenvalue weighted by Gasteiger charge is -2.20. The molecule has 0 saturated carbocycles. The van der Waals surface area contributed by atoms with Gasteiger partial charge in [-0.15, -0.1) is 13.2 Å². The number of methoxy groups -OCH3 is 2. The third-order valence-electron chi connectivity index (χ3n) is 2.16. The Bertz CT molecular complexity index is 377. The average molecular weight is 266 g/mol. The van der Waals surface area contributed by atoms with Crippen molar-refractivity contribution < 1.29 is 32.5 Å². The fourth-order valence-corrected chi connectivity index (χ4v) is 1.41. The van der Waals surface area contributed by atoms with Gasteiger partial charge < -0.3 is 19.3 Å². The van der Waals surface area contributed by atoms with Gasteiger partial charge in [0, 0.05) is 14.2 Å². The molecule has 0 aromatic heterocycles. The van der Waals surface area contributed by atoms with E-state index in [2.05, 4.69) is 4.74 Å². The van der Waals surface area contributed by atoms with Crippen LogP contribution in [0.25, 0.3) is 0 Å². The summed E-state index contributed by atoms with van der Waals surface area (Å²) in [7, 11) is 2.63. The molecule has 1 atom stereocenters. The molecule has 1 N–H and O–H groups in total. The molecule has 0 heterocycles. The van der Waals surface area contributed by atoms with Crippen molar-refractivity contribution in [1.29, 1.82) is 0 Å². The molecule has 1 unspecified atom stereocenters. The molecule has 0 spiro atoms. The quantitative estimate of drug-likeness (QED) is 0.830. The van der Waals surface area contributed by atoms with E-state index in [1.165, 1.54) is 26.4 Å². The van der Waals surface area contributed by atoms with Gasteiger partial charge in [0.05, 0.1) is 0 Å². The van der Waals surface area contributed by atoms with Gasteiger partial charge in [-0.05, 0) is 17.7 Å². The van der Waals surface area contributed by atoms with Crippen molar-refractivity contribution in [2.45, 2.75) is 18.8 Å². The third kappa shape index (κ3) is 4.17. The van der Waals surface area contributed by atoms with Gasteiger partial charge >= 0.3 is 6.36 Å². The average Bonchev–Trinajstić information content (AvgIpc) is 2.28. The van der Waals surface area contributed by atoms with Crippen LogP contribution in [0, 0.1) is 0 Å². The van der Waals surface area contributed by atoms with Crippen LogP contribution in [0.4, 0.5) is 13.2 Å². The molecule has 0 aliphatic carbocycles. The molecule has 102 valence electrons. The van der Waals surface area contributed by atoms with Gasteiger partial charge in [-0.25, -0.2) is 0 Å². The third-order valence-corrected chi connectivity index (χ3v) is 2.16. The first-order chi connectivity index (χ1) is 8.37. The van der Waals surface area contributed by atoms with Crippen LogP contribution in [-0.4, -0.2) is 32.0 Å². The van der Waals surface area contributed by atoms with E-state index < -0.39 is 24.5 Å². The SMILES string of the molecule is COC(OC)C(O)c1cccc(OC(F)(F)F)c1. The topological polar surface area (TPSA) is 47.9 Å². The number of hydrogen-bond acceptors (Lipinski definition) is 4. The second-order valence-electron chi connectivity index (χ2n) is 3.40. The Labute approximate surface area is 102 Å². The van der Waals surface area contributed by atoms with Gasteiger partial charge in [-0.3, -0.25) is 0 Å². The molecule has 0 saturated heterocycles. The first-order valence-electron chi connectivity index (χ1n) is 4.96. The van der Waals surface area contributed by atoms with E-state index in [1.807, 2.05) is 0 Å². The lowest BCUT2D eigenvalue weighted by Crippen LogP contribution is -2.23. The van der Waals surface area contributed by atoms with Crippen molar-refractivity contribution in [3.63, 3.8) is 0 Å². The fourth-order valence-electron chi connectivity index (χ4n) is 1.41. The highest BCUT2D eigenvalue weighted by molar-refractivity contribution is 5.30. The van der Waals surface area contributed by atoms with E-state index in [1.54, 1.807) is 0 Å². The number of aliphatic hydroxyl groups excluding tert-OH is 1. The number of alkyl halides is 3. The van der Waals surface area contributed by atoms with Gasteiger partial charge in [-0.1, -0.05) is 12.1 Å². The normalized spacial score (nSPS) is 13.7. The Kier molecular flexibility index (Phi) is 4.94. The standard InChI is InChI=1S/C11H13F3O4/c1-16-10(17-2)9(15)7-4-3-5-8(6-7)18-11(12,13)14/h3-6,9-10,15H,1-2H3. The Morgan fingerprint density at radius 2 is 1.78 bits per heavy atom. The smallest absolute Gasteiger partial charge is 0.406 e. The van der Waals surface area contributed by atoms with Crippen molar-refractivity contribution in [1.82, 2.24) is 0 Å². The second kappa shape index (κ2) is 6.03. The zero-order valence-corrected chi connectivity index (χ0v) is 9.77. The summed E-state index contributed by atoms with van der Waals surface area (Å²) in [5.41, 5.74) is 0.199. The minimum Gasteiger partial charge on any atom is -0.406 e. The lowest BCUT2D eigenvalue weighted by molar-refractivity contribution is -0.274. The Morgan fingerprint density at radius 1 is 1.17 bits per heavy atom. The highest BCUT2D eigenvalue weighted by atomic mass is 19.4. The Hall–Kier alpha value is -1.31. The van der Waals surface area contributed by atoms with Gasteiger partial charge in [-0.2, -0.15) is 0 Å². The molecule has 1 rings (SSSR count). The molecule has 0 amide bonds. The summed E-state index contributed by atoms with van der Waals surface area (Å²) in [5, 5.41) is 9.82. The van der Waals surface area contributed by atoms with E-state index >= 15 is 0 Å². The predicted octanol–water partition coefficient (Wildman–Crippen LogP) is 2.24. The van der Waals surface area contributed by atoms with E-state index in [0.717, 1.165) is 12.1 Å². The molecule has 7 heteroatoms. The van der Waals surface area contributed by atoms with Crippen LogP contribution in [0.1, 0.15) is 11.7 Å². The molecule has 18 heavy (non-hydrogen) atoms. The fraction of sp³-hybridized carbons (Fsp3) is 0.455. The van der Waals surface area contributed by atoms with Crippen molar-refractivity contribution in [3.8, 4) is 5.75 Å². The molecule has 0 aliphatic rings. The zero-order valence-electron chi connectivity index (χ0n) is 9.77. The molecule has 0 aliphatic heterocycles. The summed E-state index contributed by atoms with van der Waals surface area (Å²) < 4.78 is 49.5. The number of benzene rings is 1. The minimum absolute atomic E-state index is 0.199. The molecular formula is C11H13F3O4. The summed E-state index contributed by atoms with van der Waals surface area (Å²) in [6.07, 6.45) is -6.95. The number of rotatable bonds is 5.